The van der Waals surface area contributed by atoms with Crippen LogP contribution in [0.2, 0.25) is 0 Å². The van der Waals surface area contributed by atoms with Gasteiger partial charge in [0.05, 0.1) is 5.41 Å². The smallest absolute Gasteiger partial charge is 0.228 e. The van der Waals surface area contributed by atoms with Crippen molar-refractivity contribution >= 4 is 11.8 Å². The molecule has 3 rings (SSSR count). The van der Waals surface area contributed by atoms with E-state index in [4.69, 9.17) is 0 Å². The summed E-state index contributed by atoms with van der Waals surface area (Å²) >= 11 is 0. The average molecular weight is 408 g/mol. The van der Waals surface area contributed by atoms with Crippen molar-refractivity contribution in [2.45, 2.75) is 46.5 Å². The highest BCUT2D eigenvalue weighted by Crippen LogP contribution is 2.35. The summed E-state index contributed by atoms with van der Waals surface area (Å²) in [6.45, 7) is 7.89. The van der Waals surface area contributed by atoms with Crippen LogP contribution in [0.3, 0.4) is 0 Å². The van der Waals surface area contributed by atoms with Crippen molar-refractivity contribution in [2.24, 2.45) is 11.3 Å². The Bertz CT molecular complexity index is 866. The third-order valence-corrected chi connectivity index (χ3v) is 5.81. The fourth-order valence-electron chi connectivity index (χ4n) is 4.38. The van der Waals surface area contributed by atoms with Gasteiger partial charge < -0.3 is 10.2 Å². The fourth-order valence-corrected chi connectivity index (χ4v) is 4.38. The third-order valence-electron chi connectivity index (χ3n) is 5.81. The number of hydrogen-bond acceptors (Lipinski definition) is 3. The summed E-state index contributed by atoms with van der Waals surface area (Å²) in [5, 5.41) is 3.04. The molecule has 2 heterocycles. The molecule has 1 saturated heterocycles. The normalized spacial score (nSPS) is 19.0. The summed E-state index contributed by atoms with van der Waals surface area (Å²) < 4.78 is 0. The minimum absolute atomic E-state index is 0.0568. The molecule has 30 heavy (non-hydrogen) atoms. The van der Waals surface area contributed by atoms with E-state index in [-0.39, 0.29) is 11.8 Å². The summed E-state index contributed by atoms with van der Waals surface area (Å²) in [7, 11) is 0. The van der Waals surface area contributed by atoms with Gasteiger partial charge in [0.15, 0.2) is 0 Å². The SMILES string of the molecule is CCNC(=O)[C@]1(Cc2cccc(-c3ccncc3)c2)CCCN(C(=O)CC(C)C)C1. The standard InChI is InChI=1S/C25H33N3O2/c1-4-27-24(30)25(11-6-14-28(18-25)23(29)15-19(2)3)17-20-7-5-8-22(16-20)21-9-12-26-13-10-21/h5,7-10,12-13,16,19H,4,6,11,14-15,17-18H2,1-3H3,(H,27,30)/t25-/m0/s1. The predicted octanol–water partition coefficient (Wildman–Crippen LogP) is 4.08. The number of carbonyl (C=O) groups is 2. The number of nitrogens with zero attached hydrogens (tertiary/aromatic N) is 2. The van der Waals surface area contributed by atoms with Crippen LogP contribution in [0.4, 0.5) is 0 Å². The van der Waals surface area contributed by atoms with Gasteiger partial charge in [-0.2, -0.15) is 0 Å². The van der Waals surface area contributed by atoms with Crippen molar-refractivity contribution in [3.05, 3.63) is 54.4 Å². The number of pyridine rings is 1. The quantitative estimate of drug-likeness (QED) is 0.752. The maximum absolute atomic E-state index is 13.2. The maximum Gasteiger partial charge on any atom is 0.228 e. The second kappa shape index (κ2) is 9.88. The molecule has 0 saturated carbocycles. The van der Waals surface area contributed by atoms with E-state index in [9.17, 15) is 9.59 Å². The van der Waals surface area contributed by atoms with E-state index < -0.39 is 5.41 Å². The van der Waals surface area contributed by atoms with Crippen LogP contribution in [-0.2, 0) is 16.0 Å². The molecule has 1 aromatic heterocycles. The Morgan fingerprint density at radius 1 is 1.17 bits per heavy atom. The molecule has 2 aromatic rings. The van der Waals surface area contributed by atoms with Crippen LogP contribution in [0, 0.1) is 11.3 Å². The molecular weight excluding hydrogens is 374 g/mol. The molecule has 1 aliphatic heterocycles. The first-order valence-electron chi connectivity index (χ1n) is 11.0. The van der Waals surface area contributed by atoms with Gasteiger partial charge in [0, 0.05) is 38.4 Å². The highest BCUT2D eigenvalue weighted by molar-refractivity contribution is 5.85. The van der Waals surface area contributed by atoms with Gasteiger partial charge in [-0.15, -0.1) is 0 Å². The van der Waals surface area contributed by atoms with Crippen molar-refractivity contribution in [2.75, 3.05) is 19.6 Å². The van der Waals surface area contributed by atoms with Crippen LogP contribution < -0.4 is 5.32 Å². The van der Waals surface area contributed by atoms with Gasteiger partial charge in [-0.1, -0.05) is 38.1 Å². The van der Waals surface area contributed by atoms with Gasteiger partial charge >= 0.3 is 0 Å². The topological polar surface area (TPSA) is 62.3 Å². The number of nitrogens with one attached hydrogen (secondary N) is 1. The molecule has 5 nitrogen and oxygen atoms in total. The van der Waals surface area contributed by atoms with Crippen molar-refractivity contribution in [1.29, 1.82) is 0 Å². The molecule has 0 spiro atoms. The summed E-state index contributed by atoms with van der Waals surface area (Å²) in [5.74, 6) is 0.528. The lowest BCUT2D eigenvalue weighted by Crippen LogP contribution is -2.54. The Morgan fingerprint density at radius 3 is 2.63 bits per heavy atom. The monoisotopic (exact) mass is 407 g/mol. The number of hydrogen-bond donors (Lipinski definition) is 1. The first kappa shape index (κ1) is 22.0. The number of benzene rings is 1. The van der Waals surface area contributed by atoms with E-state index in [2.05, 4.69) is 42.3 Å². The van der Waals surface area contributed by atoms with Crippen molar-refractivity contribution in [1.82, 2.24) is 15.2 Å². The molecular formula is C25H33N3O2. The number of likely N-dealkylation sites (tertiary alicyclic amines) is 1. The van der Waals surface area contributed by atoms with Gasteiger partial charge in [-0.25, -0.2) is 0 Å². The maximum atomic E-state index is 13.2. The molecule has 1 fully saturated rings. The number of carbonyl (C=O) groups excluding carboxylic acids is 2. The minimum atomic E-state index is -0.586. The van der Waals surface area contributed by atoms with Crippen LogP contribution >= 0.6 is 0 Å². The summed E-state index contributed by atoms with van der Waals surface area (Å²) in [6, 6.07) is 12.3. The lowest BCUT2D eigenvalue weighted by atomic mass is 9.73. The van der Waals surface area contributed by atoms with E-state index >= 15 is 0 Å². The molecule has 0 aliphatic carbocycles. The third kappa shape index (κ3) is 5.26. The van der Waals surface area contributed by atoms with Gasteiger partial charge in [0.2, 0.25) is 11.8 Å². The van der Waals surface area contributed by atoms with E-state index in [0.717, 1.165) is 36.1 Å². The van der Waals surface area contributed by atoms with Gasteiger partial charge in [0.1, 0.15) is 0 Å². The first-order valence-corrected chi connectivity index (χ1v) is 11.0. The average Bonchev–Trinajstić information content (AvgIpc) is 2.74. The highest BCUT2D eigenvalue weighted by atomic mass is 16.2. The van der Waals surface area contributed by atoms with E-state index in [1.54, 1.807) is 12.4 Å². The summed E-state index contributed by atoms with van der Waals surface area (Å²) in [6.07, 6.45) is 6.39. The molecule has 2 amide bonds. The largest absolute Gasteiger partial charge is 0.356 e. The predicted molar refractivity (Wildman–Crippen MR) is 120 cm³/mol. The van der Waals surface area contributed by atoms with E-state index in [1.807, 2.05) is 30.0 Å². The Morgan fingerprint density at radius 2 is 1.93 bits per heavy atom. The van der Waals surface area contributed by atoms with E-state index in [0.29, 0.717) is 31.8 Å². The zero-order chi connectivity index (χ0) is 21.6. The second-order valence-corrected chi connectivity index (χ2v) is 8.77. The van der Waals surface area contributed by atoms with Crippen molar-refractivity contribution in [3.8, 4) is 11.1 Å². The number of amides is 2. The molecule has 0 unspecified atom stereocenters. The lowest BCUT2D eigenvalue weighted by molar-refractivity contribution is -0.142. The number of rotatable bonds is 7. The van der Waals surface area contributed by atoms with Crippen LogP contribution in [0.1, 0.15) is 45.6 Å². The second-order valence-electron chi connectivity index (χ2n) is 8.77. The summed E-state index contributed by atoms with van der Waals surface area (Å²) in [5.41, 5.74) is 2.76. The molecule has 0 bridgehead atoms. The molecule has 5 heteroatoms. The zero-order valence-electron chi connectivity index (χ0n) is 18.4. The van der Waals surface area contributed by atoms with Gasteiger partial charge in [-0.3, -0.25) is 14.6 Å². The van der Waals surface area contributed by atoms with E-state index in [1.165, 1.54) is 0 Å². The van der Waals surface area contributed by atoms with Gasteiger partial charge in [0.25, 0.3) is 0 Å². The molecule has 1 N–H and O–H groups in total. The highest BCUT2D eigenvalue weighted by Gasteiger charge is 2.43. The molecule has 1 atom stereocenters. The first-order chi connectivity index (χ1) is 14.4. The molecule has 1 aliphatic rings. The molecule has 1 aromatic carbocycles. The number of piperidine rings is 1. The Hall–Kier alpha value is -2.69. The minimum Gasteiger partial charge on any atom is -0.356 e. The van der Waals surface area contributed by atoms with Crippen LogP contribution in [0.25, 0.3) is 11.1 Å². The Balaban J connectivity index is 1.87. The van der Waals surface area contributed by atoms with Crippen LogP contribution in [-0.4, -0.2) is 41.3 Å². The van der Waals surface area contributed by atoms with Crippen molar-refractivity contribution < 1.29 is 9.59 Å². The van der Waals surface area contributed by atoms with Gasteiger partial charge in [-0.05, 0) is 60.9 Å². The molecule has 160 valence electrons. The Kier molecular flexibility index (Phi) is 7.24. The van der Waals surface area contributed by atoms with Crippen LogP contribution in [0.15, 0.2) is 48.8 Å². The lowest BCUT2D eigenvalue weighted by Gasteiger charge is -2.42. The van der Waals surface area contributed by atoms with Crippen LogP contribution in [0.5, 0.6) is 0 Å². The molecule has 0 radical (unpaired) electrons. The fraction of sp³-hybridized carbons (Fsp3) is 0.480. The zero-order valence-corrected chi connectivity index (χ0v) is 18.4. The van der Waals surface area contributed by atoms with Crippen molar-refractivity contribution in [3.63, 3.8) is 0 Å². The summed E-state index contributed by atoms with van der Waals surface area (Å²) in [4.78, 5) is 32.0. The Labute approximate surface area is 179 Å². The number of aromatic nitrogens is 1.